The first-order valence-electron chi connectivity index (χ1n) is 5.40. The topological polar surface area (TPSA) is 92.3 Å². The molecule has 0 atom stereocenters. The lowest BCUT2D eigenvalue weighted by molar-refractivity contribution is 0.381. The lowest BCUT2D eigenvalue weighted by atomic mass is 9.95. The second-order valence-corrected chi connectivity index (χ2v) is 5.14. The zero-order chi connectivity index (χ0) is 13.7. The van der Waals surface area contributed by atoms with Crippen LogP contribution in [0.2, 0.25) is 0 Å². The van der Waals surface area contributed by atoms with Crippen LogP contribution in [0.15, 0.2) is 6.07 Å². The second kappa shape index (κ2) is 3.69. The van der Waals surface area contributed by atoms with E-state index in [1.165, 1.54) is 0 Å². The summed E-state index contributed by atoms with van der Waals surface area (Å²) in [6.07, 6.45) is 0. The van der Waals surface area contributed by atoms with Crippen LogP contribution in [0.25, 0.3) is 10.9 Å². The highest BCUT2D eigenvalue weighted by Crippen LogP contribution is 2.36. The lowest BCUT2D eigenvalue weighted by Gasteiger charge is -2.18. The van der Waals surface area contributed by atoms with Crippen molar-refractivity contribution in [1.29, 1.82) is 0 Å². The molecule has 18 heavy (non-hydrogen) atoms. The second-order valence-electron chi connectivity index (χ2n) is 5.14. The van der Waals surface area contributed by atoms with E-state index in [0.29, 0.717) is 5.82 Å². The van der Waals surface area contributed by atoms with Crippen LogP contribution in [-0.2, 0) is 5.41 Å². The number of benzene rings is 1. The summed E-state index contributed by atoms with van der Waals surface area (Å²) in [6, 6.07) is 1.15. The Morgan fingerprint density at radius 3 is 2.39 bits per heavy atom. The van der Waals surface area contributed by atoms with Crippen molar-refractivity contribution in [3.63, 3.8) is 0 Å². The molecule has 4 N–H and O–H groups in total. The number of fused-ring (bicyclic) bond motifs is 1. The van der Waals surface area contributed by atoms with Crippen LogP contribution in [0.4, 0.5) is 10.2 Å². The van der Waals surface area contributed by atoms with E-state index in [9.17, 15) is 14.6 Å². The molecule has 0 aliphatic heterocycles. The monoisotopic (exact) mass is 251 g/mol. The summed E-state index contributed by atoms with van der Waals surface area (Å²) in [7, 11) is 0. The molecule has 5 nitrogen and oxygen atoms in total. The SMILES string of the molecule is CC(C)(C)c1nc(N)c2cc(O)c(O)c(F)c2n1. The Balaban J connectivity index is 2.88. The molecule has 2 aromatic rings. The lowest BCUT2D eigenvalue weighted by Crippen LogP contribution is -2.17. The van der Waals surface area contributed by atoms with E-state index in [1.54, 1.807) is 0 Å². The number of phenols is 2. The van der Waals surface area contributed by atoms with Crippen LogP contribution < -0.4 is 5.73 Å². The summed E-state index contributed by atoms with van der Waals surface area (Å²) >= 11 is 0. The number of halogens is 1. The normalized spacial score (nSPS) is 12.0. The van der Waals surface area contributed by atoms with Crippen LogP contribution in [0.3, 0.4) is 0 Å². The Morgan fingerprint density at radius 1 is 1.22 bits per heavy atom. The van der Waals surface area contributed by atoms with Gasteiger partial charge in [-0.2, -0.15) is 0 Å². The Hall–Kier alpha value is -2.11. The summed E-state index contributed by atoms with van der Waals surface area (Å²) in [5.74, 6) is -1.97. The molecule has 0 spiro atoms. The van der Waals surface area contributed by atoms with E-state index in [2.05, 4.69) is 9.97 Å². The first-order valence-corrected chi connectivity index (χ1v) is 5.40. The molecule has 0 amide bonds. The summed E-state index contributed by atoms with van der Waals surface area (Å²) < 4.78 is 13.9. The van der Waals surface area contributed by atoms with Crippen molar-refractivity contribution in [3.05, 3.63) is 17.7 Å². The number of aromatic nitrogens is 2. The van der Waals surface area contributed by atoms with Crippen molar-refractivity contribution in [1.82, 2.24) is 9.97 Å². The number of nitrogens with zero attached hydrogens (tertiary/aromatic N) is 2. The van der Waals surface area contributed by atoms with Crippen LogP contribution in [-0.4, -0.2) is 20.2 Å². The Labute approximate surface area is 103 Å². The molecule has 1 aromatic heterocycles. The predicted molar refractivity (Wildman–Crippen MR) is 65.9 cm³/mol. The van der Waals surface area contributed by atoms with Crippen molar-refractivity contribution < 1.29 is 14.6 Å². The zero-order valence-corrected chi connectivity index (χ0v) is 10.3. The maximum atomic E-state index is 13.9. The standard InChI is InChI=1S/C12H14FN3O2/c1-12(2,3)11-15-8-5(10(14)16-11)4-6(17)9(18)7(8)13/h4,17-18H,1-3H3,(H2,14,15,16). The van der Waals surface area contributed by atoms with Gasteiger partial charge in [-0.25, -0.2) is 14.4 Å². The maximum absolute atomic E-state index is 13.9. The smallest absolute Gasteiger partial charge is 0.196 e. The minimum Gasteiger partial charge on any atom is -0.504 e. The molecule has 6 heteroatoms. The molecular formula is C12H14FN3O2. The maximum Gasteiger partial charge on any atom is 0.196 e. The van der Waals surface area contributed by atoms with Gasteiger partial charge in [-0.05, 0) is 6.07 Å². The van der Waals surface area contributed by atoms with Gasteiger partial charge in [0.1, 0.15) is 17.2 Å². The Bertz CT molecular complexity index is 635. The third kappa shape index (κ3) is 1.79. The van der Waals surface area contributed by atoms with Crippen molar-refractivity contribution in [2.75, 3.05) is 5.73 Å². The van der Waals surface area contributed by atoms with Gasteiger partial charge >= 0.3 is 0 Å². The largest absolute Gasteiger partial charge is 0.504 e. The highest BCUT2D eigenvalue weighted by molar-refractivity contribution is 5.91. The molecule has 0 aliphatic carbocycles. The summed E-state index contributed by atoms with van der Waals surface area (Å²) in [6.45, 7) is 5.60. The van der Waals surface area contributed by atoms with E-state index < -0.39 is 22.7 Å². The van der Waals surface area contributed by atoms with Crippen LogP contribution in [0.5, 0.6) is 11.5 Å². The van der Waals surface area contributed by atoms with Crippen molar-refractivity contribution >= 4 is 16.7 Å². The van der Waals surface area contributed by atoms with Crippen molar-refractivity contribution in [2.24, 2.45) is 0 Å². The molecule has 0 fully saturated rings. The Kier molecular flexibility index (Phi) is 2.53. The first kappa shape index (κ1) is 12.3. The number of aromatic hydroxyl groups is 2. The van der Waals surface area contributed by atoms with Gasteiger partial charge in [-0.1, -0.05) is 20.8 Å². The number of anilines is 1. The van der Waals surface area contributed by atoms with Gasteiger partial charge in [-0.15, -0.1) is 0 Å². The van der Waals surface area contributed by atoms with Gasteiger partial charge in [0.15, 0.2) is 17.3 Å². The van der Waals surface area contributed by atoms with Gasteiger partial charge in [0.2, 0.25) is 0 Å². The summed E-state index contributed by atoms with van der Waals surface area (Å²) in [5, 5.41) is 18.9. The number of nitrogen functional groups attached to an aromatic ring is 1. The molecule has 1 heterocycles. The number of nitrogens with two attached hydrogens (primary N) is 1. The third-order valence-electron chi connectivity index (χ3n) is 2.59. The average Bonchev–Trinajstić information content (AvgIpc) is 2.26. The molecule has 0 radical (unpaired) electrons. The summed E-state index contributed by atoms with van der Waals surface area (Å²) in [5.41, 5.74) is 5.24. The van der Waals surface area contributed by atoms with E-state index >= 15 is 0 Å². The summed E-state index contributed by atoms with van der Waals surface area (Å²) in [4.78, 5) is 8.16. The molecular weight excluding hydrogens is 237 g/mol. The number of hydrogen-bond donors (Lipinski definition) is 3. The minimum absolute atomic E-state index is 0.0686. The van der Waals surface area contributed by atoms with E-state index in [0.717, 1.165) is 6.07 Å². The fraction of sp³-hybridized carbons (Fsp3) is 0.333. The number of hydrogen-bond acceptors (Lipinski definition) is 5. The number of rotatable bonds is 0. The number of phenolic OH excluding ortho intramolecular Hbond substituents is 2. The van der Waals surface area contributed by atoms with Gasteiger partial charge in [0.05, 0.1) is 0 Å². The van der Waals surface area contributed by atoms with E-state index in [4.69, 9.17) is 5.73 Å². The van der Waals surface area contributed by atoms with Crippen molar-refractivity contribution in [2.45, 2.75) is 26.2 Å². The van der Waals surface area contributed by atoms with Crippen LogP contribution in [0.1, 0.15) is 26.6 Å². The average molecular weight is 251 g/mol. The minimum atomic E-state index is -0.996. The van der Waals surface area contributed by atoms with Gasteiger partial charge in [0.25, 0.3) is 0 Å². The van der Waals surface area contributed by atoms with Gasteiger partial charge in [0, 0.05) is 10.8 Å². The van der Waals surface area contributed by atoms with Crippen LogP contribution in [0, 0.1) is 5.82 Å². The Morgan fingerprint density at radius 2 is 1.83 bits per heavy atom. The molecule has 0 saturated carbocycles. The first-order chi connectivity index (χ1) is 8.21. The molecule has 96 valence electrons. The molecule has 0 saturated heterocycles. The molecule has 1 aromatic carbocycles. The predicted octanol–water partition coefficient (Wildman–Crippen LogP) is 2.06. The van der Waals surface area contributed by atoms with E-state index in [1.807, 2.05) is 20.8 Å². The third-order valence-corrected chi connectivity index (χ3v) is 2.59. The van der Waals surface area contributed by atoms with Gasteiger partial charge in [-0.3, -0.25) is 0 Å². The van der Waals surface area contributed by atoms with Gasteiger partial charge < -0.3 is 15.9 Å². The highest BCUT2D eigenvalue weighted by atomic mass is 19.1. The zero-order valence-electron chi connectivity index (χ0n) is 10.3. The molecule has 0 unspecified atom stereocenters. The van der Waals surface area contributed by atoms with E-state index in [-0.39, 0.29) is 16.7 Å². The van der Waals surface area contributed by atoms with Crippen molar-refractivity contribution in [3.8, 4) is 11.5 Å². The fourth-order valence-corrected chi connectivity index (χ4v) is 1.56. The fourth-order valence-electron chi connectivity index (χ4n) is 1.56. The highest BCUT2D eigenvalue weighted by Gasteiger charge is 2.22. The molecule has 0 bridgehead atoms. The van der Waals surface area contributed by atoms with Crippen LogP contribution >= 0.6 is 0 Å². The molecule has 0 aliphatic rings. The molecule has 2 rings (SSSR count). The quantitative estimate of drug-likeness (QED) is 0.623.